The summed E-state index contributed by atoms with van der Waals surface area (Å²) in [7, 11) is 0. The Morgan fingerprint density at radius 1 is 1.58 bits per heavy atom. The quantitative estimate of drug-likeness (QED) is 0.688. The summed E-state index contributed by atoms with van der Waals surface area (Å²) in [4.78, 5) is 9.94. The average molecular weight is 168 g/mol. The zero-order valence-electron chi connectivity index (χ0n) is 6.21. The number of nitrogens with one attached hydrogen (secondary N) is 1. The van der Waals surface area contributed by atoms with E-state index in [0.717, 1.165) is 0 Å². The summed E-state index contributed by atoms with van der Waals surface area (Å²) in [5, 5.41) is 12.0. The van der Waals surface area contributed by atoms with Crippen molar-refractivity contribution in [1.82, 2.24) is 5.32 Å². The molecule has 0 radical (unpaired) electrons. The van der Waals surface area contributed by atoms with Crippen molar-refractivity contribution >= 4 is 6.09 Å². The maximum atomic E-state index is 12.5. The lowest BCUT2D eigenvalue weighted by atomic mass is 10.2. The Morgan fingerprint density at radius 3 is 2.92 bits per heavy atom. The summed E-state index contributed by atoms with van der Waals surface area (Å²) in [6, 6.07) is 5.69. The smallest absolute Gasteiger partial charge is 0.134 e. The molecule has 0 fully saturated rings. The molecule has 0 heterocycles. The van der Waals surface area contributed by atoms with Gasteiger partial charge in [0, 0.05) is 6.54 Å². The Hall–Kier alpha value is -1.58. The molecule has 0 saturated carbocycles. The molecule has 0 unspecified atom stereocenters. The van der Waals surface area contributed by atoms with Gasteiger partial charge in [-0.2, -0.15) is 0 Å². The molecule has 1 N–H and O–H groups in total. The van der Waals surface area contributed by atoms with Crippen LogP contribution in [0.3, 0.4) is 0 Å². The number of rotatable bonds is 2. The number of benzene rings is 1. The highest BCUT2D eigenvalue weighted by Crippen LogP contribution is 2.02. The minimum atomic E-state index is -1.36. The van der Waals surface area contributed by atoms with Gasteiger partial charge in [0.15, 0.2) is 0 Å². The molecule has 0 saturated heterocycles. The molecule has 0 spiro atoms. The summed E-state index contributed by atoms with van der Waals surface area (Å²) in [5.41, 5.74) is 0.569. The molecule has 12 heavy (non-hydrogen) atoms. The highest BCUT2D eigenvalue weighted by molar-refractivity contribution is 5.61. The molecule has 1 aromatic rings. The average Bonchev–Trinajstić information content (AvgIpc) is 2.01. The summed E-state index contributed by atoms with van der Waals surface area (Å²) in [6.07, 6.45) is -1.36. The van der Waals surface area contributed by atoms with Crippen LogP contribution in [0.25, 0.3) is 0 Å². The van der Waals surface area contributed by atoms with E-state index in [4.69, 9.17) is 0 Å². The highest BCUT2D eigenvalue weighted by Gasteiger charge is 1.93. The van der Waals surface area contributed by atoms with Crippen LogP contribution in [0, 0.1) is 5.82 Å². The van der Waals surface area contributed by atoms with Crippen LogP contribution in [0.2, 0.25) is 0 Å². The van der Waals surface area contributed by atoms with Gasteiger partial charge in [-0.1, -0.05) is 12.1 Å². The fourth-order valence-corrected chi connectivity index (χ4v) is 0.821. The minimum Gasteiger partial charge on any atom is -0.530 e. The fraction of sp³-hybridized carbons (Fsp3) is 0.125. The standard InChI is InChI=1S/C8H8FNO2/c9-7-3-1-2-6(4-7)5-10-8(11)12/h1-4,10H,5H2,(H,11,12)/p-1. The van der Waals surface area contributed by atoms with Gasteiger partial charge in [-0.15, -0.1) is 0 Å². The number of hydrogen-bond donors (Lipinski definition) is 1. The minimum absolute atomic E-state index is 0.0695. The van der Waals surface area contributed by atoms with Crippen molar-refractivity contribution in [1.29, 1.82) is 0 Å². The van der Waals surface area contributed by atoms with Crippen LogP contribution >= 0.6 is 0 Å². The van der Waals surface area contributed by atoms with E-state index in [-0.39, 0.29) is 12.4 Å². The van der Waals surface area contributed by atoms with Crippen molar-refractivity contribution in [2.75, 3.05) is 0 Å². The van der Waals surface area contributed by atoms with Gasteiger partial charge in [-0.3, -0.25) is 0 Å². The highest BCUT2D eigenvalue weighted by atomic mass is 19.1. The van der Waals surface area contributed by atoms with Crippen LogP contribution in [0.15, 0.2) is 24.3 Å². The van der Waals surface area contributed by atoms with Gasteiger partial charge in [0.2, 0.25) is 0 Å². The largest absolute Gasteiger partial charge is 0.530 e. The van der Waals surface area contributed by atoms with E-state index in [9.17, 15) is 14.3 Å². The number of carbonyl (C=O) groups excluding carboxylic acids is 1. The number of hydrogen-bond acceptors (Lipinski definition) is 2. The summed E-state index contributed by atoms with van der Waals surface area (Å²) >= 11 is 0. The molecule has 1 amide bonds. The molecular formula is C8H7FNO2-. The molecule has 0 aliphatic carbocycles. The molecule has 0 aliphatic heterocycles. The van der Waals surface area contributed by atoms with E-state index in [1.54, 1.807) is 6.07 Å². The summed E-state index contributed by atoms with van der Waals surface area (Å²) < 4.78 is 12.5. The lowest BCUT2D eigenvalue weighted by molar-refractivity contribution is -0.251. The van der Waals surface area contributed by atoms with Crippen LogP contribution < -0.4 is 10.4 Å². The molecule has 1 aromatic carbocycles. The Balaban J connectivity index is 2.57. The van der Waals surface area contributed by atoms with E-state index in [2.05, 4.69) is 0 Å². The molecule has 4 heteroatoms. The molecule has 3 nitrogen and oxygen atoms in total. The maximum absolute atomic E-state index is 12.5. The third-order valence-corrected chi connectivity index (χ3v) is 1.33. The second-order valence-corrected chi connectivity index (χ2v) is 2.27. The third kappa shape index (κ3) is 2.57. The predicted octanol–water partition coefficient (Wildman–Crippen LogP) is 0.259. The summed E-state index contributed by atoms with van der Waals surface area (Å²) in [5.74, 6) is -0.382. The molecular weight excluding hydrogens is 161 g/mol. The predicted molar refractivity (Wildman–Crippen MR) is 38.6 cm³/mol. The molecule has 0 bridgehead atoms. The van der Waals surface area contributed by atoms with Crippen molar-refractivity contribution in [2.45, 2.75) is 6.54 Å². The van der Waals surface area contributed by atoms with Crippen molar-refractivity contribution < 1.29 is 14.3 Å². The van der Waals surface area contributed by atoms with Crippen molar-refractivity contribution in [3.8, 4) is 0 Å². The van der Waals surface area contributed by atoms with E-state index >= 15 is 0 Å². The van der Waals surface area contributed by atoms with Crippen LogP contribution in [0.1, 0.15) is 5.56 Å². The molecule has 0 aliphatic rings. The normalized spacial score (nSPS) is 9.42. The zero-order chi connectivity index (χ0) is 8.97. The Labute approximate surface area is 68.8 Å². The number of halogens is 1. The number of carbonyl (C=O) groups is 1. The van der Waals surface area contributed by atoms with Gasteiger partial charge in [0.25, 0.3) is 0 Å². The maximum Gasteiger partial charge on any atom is 0.134 e. The lowest BCUT2D eigenvalue weighted by Crippen LogP contribution is -2.35. The second-order valence-electron chi connectivity index (χ2n) is 2.27. The third-order valence-electron chi connectivity index (χ3n) is 1.33. The molecule has 64 valence electrons. The van der Waals surface area contributed by atoms with Gasteiger partial charge >= 0.3 is 0 Å². The first kappa shape index (κ1) is 8.52. The van der Waals surface area contributed by atoms with Crippen LogP contribution in [-0.2, 0) is 6.54 Å². The fourth-order valence-electron chi connectivity index (χ4n) is 0.821. The number of carboxylic acid groups (broad SMARTS) is 1. The van der Waals surface area contributed by atoms with Crippen LogP contribution in [0.5, 0.6) is 0 Å². The van der Waals surface area contributed by atoms with Crippen molar-refractivity contribution in [3.63, 3.8) is 0 Å². The van der Waals surface area contributed by atoms with Gasteiger partial charge < -0.3 is 15.2 Å². The molecule has 1 rings (SSSR count). The van der Waals surface area contributed by atoms with E-state index < -0.39 is 6.09 Å². The Kier molecular flexibility index (Phi) is 2.63. The second kappa shape index (κ2) is 3.71. The first-order chi connectivity index (χ1) is 5.68. The number of amides is 1. The van der Waals surface area contributed by atoms with Gasteiger partial charge in [0.1, 0.15) is 11.9 Å². The van der Waals surface area contributed by atoms with E-state index in [1.807, 2.05) is 5.32 Å². The van der Waals surface area contributed by atoms with Crippen LogP contribution in [0.4, 0.5) is 9.18 Å². The zero-order valence-corrected chi connectivity index (χ0v) is 6.21. The van der Waals surface area contributed by atoms with Crippen molar-refractivity contribution in [2.24, 2.45) is 0 Å². The Morgan fingerprint density at radius 2 is 2.33 bits per heavy atom. The molecule has 0 aromatic heterocycles. The SMILES string of the molecule is O=C([O-])NCc1cccc(F)c1. The first-order valence-corrected chi connectivity index (χ1v) is 3.38. The first-order valence-electron chi connectivity index (χ1n) is 3.38. The van der Waals surface area contributed by atoms with Crippen LogP contribution in [-0.4, -0.2) is 6.09 Å². The van der Waals surface area contributed by atoms with Gasteiger partial charge in [-0.05, 0) is 17.7 Å². The monoisotopic (exact) mass is 168 g/mol. The van der Waals surface area contributed by atoms with E-state index in [0.29, 0.717) is 5.56 Å². The Bertz CT molecular complexity index is 288. The van der Waals surface area contributed by atoms with Gasteiger partial charge in [-0.25, -0.2) is 4.39 Å². The molecule has 0 atom stereocenters. The van der Waals surface area contributed by atoms with Gasteiger partial charge in [0.05, 0.1) is 0 Å². The lowest BCUT2D eigenvalue weighted by Gasteiger charge is -2.05. The van der Waals surface area contributed by atoms with E-state index in [1.165, 1.54) is 18.2 Å². The summed E-state index contributed by atoms with van der Waals surface area (Å²) in [6.45, 7) is 0.0695. The van der Waals surface area contributed by atoms with Crippen molar-refractivity contribution in [3.05, 3.63) is 35.6 Å². The topological polar surface area (TPSA) is 52.2 Å².